The van der Waals surface area contributed by atoms with E-state index in [0.717, 1.165) is 16.0 Å². The van der Waals surface area contributed by atoms with Crippen LogP contribution in [0.5, 0.6) is 0 Å². The van der Waals surface area contributed by atoms with Gasteiger partial charge >= 0.3 is 5.69 Å². The van der Waals surface area contributed by atoms with Gasteiger partial charge in [0, 0.05) is 37.8 Å². The first-order valence-corrected chi connectivity index (χ1v) is 11.5. The maximum atomic E-state index is 13.2. The molecular formula is C21H23ClN6O3S. The van der Waals surface area contributed by atoms with Crippen molar-refractivity contribution in [1.29, 1.82) is 0 Å². The van der Waals surface area contributed by atoms with E-state index in [1.807, 2.05) is 6.92 Å². The molecule has 0 N–H and O–H groups in total. The van der Waals surface area contributed by atoms with Crippen molar-refractivity contribution >= 4 is 51.3 Å². The van der Waals surface area contributed by atoms with Crippen molar-refractivity contribution in [3.8, 4) is 0 Å². The molecule has 0 fully saturated rings. The molecule has 1 aliphatic rings. The van der Waals surface area contributed by atoms with Crippen molar-refractivity contribution in [1.82, 2.24) is 18.7 Å². The molecule has 3 heterocycles. The summed E-state index contributed by atoms with van der Waals surface area (Å²) in [6.07, 6.45) is 2.28. The first-order chi connectivity index (χ1) is 15.3. The quantitative estimate of drug-likeness (QED) is 0.566. The number of anilines is 1. The van der Waals surface area contributed by atoms with Crippen LogP contribution in [0.1, 0.15) is 19.8 Å². The normalized spacial score (nSPS) is 15.9. The molecule has 9 nitrogen and oxygen atoms in total. The van der Waals surface area contributed by atoms with Crippen LogP contribution in [0.15, 0.2) is 45.2 Å². The number of benzene rings is 1. The SMILES string of the molecule is CC1CSC(N(C(=O)CCCn2cnc3c2c(=O)n(C)c(=O)n3C)c2ccc(Cl)cc2)=N1. The molecule has 1 aliphatic heterocycles. The minimum absolute atomic E-state index is 0.0857. The number of hydrogen-bond donors (Lipinski definition) is 0. The van der Waals surface area contributed by atoms with Crippen LogP contribution < -0.4 is 16.1 Å². The van der Waals surface area contributed by atoms with E-state index in [1.54, 1.807) is 52.5 Å². The highest BCUT2D eigenvalue weighted by Gasteiger charge is 2.26. The lowest BCUT2D eigenvalue weighted by Crippen LogP contribution is -2.37. The zero-order chi connectivity index (χ0) is 23.0. The Hall–Kier alpha value is -2.85. The summed E-state index contributed by atoms with van der Waals surface area (Å²) in [4.78, 5) is 48.4. The maximum absolute atomic E-state index is 13.2. The second-order valence-electron chi connectivity index (χ2n) is 7.70. The van der Waals surface area contributed by atoms with E-state index in [2.05, 4.69) is 9.98 Å². The maximum Gasteiger partial charge on any atom is 0.332 e. The van der Waals surface area contributed by atoms with E-state index in [1.165, 1.54) is 17.9 Å². The van der Waals surface area contributed by atoms with Crippen molar-refractivity contribution < 1.29 is 4.79 Å². The van der Waals surface area contributed by atoms with Crippen LogP contribution in [0.3, 0.4) is 0 Å². The Morgan fingerprint density at radius 3 is 2.59 bits per heavy atom. The largest absolute Gasteiger partial charge is 0.332 e. The predicted molar refractivity (Wildman–Crippen MR) is 128 cm³/mol. The summed E-state index contributed by atoms with van der Waals surface area (Å²) in [6, 6.07) is 7.26. The number of amidine groups is 1. The number of rotatable bonds is 5. The van der Waals surface area contributed by atoms with Crippen molar-refractivity contribution in [3.05, 3.63) is 56.5 Å². The summed E-state index contributed by atoms with van der Waals surface area (Å²) in [6.45, 7) is 2.43. The van der Waals surface area contributed by atoms with Crippen LogP contribution in [-0.2, 0) is 25.4 Å². The fraction of sp³-hybridized carbons (Fsp3) is 0.381. The Balaban J connectivity index is 1.54. The summed E-state index contributed by atoms with van der Waals surface area (Å²) < 4.78 is 4.10. The molecule has 0 bridgehead atoms. The Bertz CT molecular complexity index is 1320. The Morgan fingerprint density at radius 2 is 1.94 bits per heavy atom. The molecule has 1 amide bonds. The number of amides is 1. The lowest BCUT2D eigenvalue weighted by atomic mass is 10.2. The summed E-state index contributed by atoms with van der Waals surface area (Å²) in [5.41, 5.74) is 0.571. The second kappa shape index (κ2) is 8.95. The fourth-order valence-corrected chi connectivity index (χ4v) is 4.79. The van der Waals surface area contributed by atoms with Gasteiger partial charge in [-0.05, 0) is 37.6 Å². The predicted octanol–water partition coefficient (Wildman–Crippen LogP) is 2.39. The third-order valence-corrected chi connectivity index (χ3v) is 6.76. The number of aryl methyl sites for hydroxylation is 2. The van der Waals surface area contributed by atoms with Gasteiger partial charge in [0.25, 0.3) is 5.56 Å². The van der Waals surface area contributed by atoms with Crippen LogP contribution in [0.25, 0.3) is 11.2 Å². The Morgan fingerprint density at radius 1 is 1.22 bits per heavy atom. The number of fused-ring (bicyclic) bond motifs is 1. The first-order valence-electron chi connectivity index (χ1n) is 10.2. The summed E-state index contributed by atoms with van der Waals surface area (Å²) in [7, 11) is 3.02. The highest BCUT2D eigenvalue weighted by molar-refractivity contribution is 8.14. The molecule has 0 saturated carbocycles. The van der Waals surface area contributed by atoms with Gasteiger partial charge in [0.05, 0.1) is 18.1 Å². The van der Waals surface area contributed by atoms with Crippen molar-refractivity contribution in [2.75, 3.05) is 10.7 Å². The summed E-state index contributed by atoms with van der Waals surface area (Å²) >= 11 is 7.57. The monoisotopic (exact) mass is 474 g/mol. The minimum Gasteiger partial charge on any atom is -0.325 e. The van der Waals surface area contributed by atoms with Crippen LogP contribution in [0.4, 0.5) is 5.69 Å². The summed E-state index contributed by atoms with van der Waals surface area (Å²) in [5.74, 6) is 0.743. The number of halogens is 1. The van der Waals surface area contributed by atoms with Crippen LogP contribution in [0, 0.1) is 0 Å². The third kappa shape index (κ3) is 4.12. The molecule has 168 valence electrons. The van der Waals surface area contributed by atoms with Gasteiger partial charge < -0.3 is 4.57 Å². The van der Waals surface area contributed by atoms with Gasteiger partial charge in [0.1, 0.15) is 0 Å². The molecule has 0 saturated heterocycles. The zero-order valence-corrected chi connectivity index (χ0v) is 19.6. The molecule has 1 aromatic carbocycles. The molecular weight excluding hydrogens is 452 g/mol. The Labute approximate surface area is 193 Å². The minimum atomic E-state index is -0.425. The molecule has 1 unspecified atom stereocenters. The van der Waals surface area contributed by atoms with Crippen LogP contribution in [0.2, 0.25) is 5.02 Å². The van der Waals surface area contributed by atoms with Gasteiger partial charge in [-0.1, -0.05) is 23.4 Å². The van der Waals surface area contributed by atoms with E-state index >= 15 is 0 Å². The number of imidazole rings is 1. The molecule has 1 atom stereocenters. The second-order valence-corrected chi connectivity index (χ2v) is 9.12. The van der Waals surface area contributed by atoms with Gasteiger partial charge in [-0.2, -0.15) is 0 Å². The van der Waals surface area contributed by atoms with Crippen LogP contribution >= 0.6 is 23.4 Å². The van der Waals surface area contributed by atoms with Gasteiger partial charge in [-0.15, -0.1) is 0 Å². The molecule has 32 heavy (non-hydrogen) atoms. The number of hydrogen-bond acceptors (Lipinski definition) is 6. The number of carbonyl (C=O) groups is 1. The van der Waals surface area contributed by atoms with E-state index in [4.69, 9.17) is 11.6 Å². The third-order valence-electron chi connectivity index (χ3n) is 5.32. The fourth-order valence-electron chi connectivity index (χ4n) is 3.61. The average molecular weight is 475 g/mol. The topological polar surface area (TPSA) is 94.5 Å². The lowest BCUT2D eigenvalue weighted by molar-refractivity contribution is -0.117. The highest BCUT2D eigenvalue weighted by Crippen LogP contribution is 2.27. The van der Waals surface area contributed by atoms with Crippen LogP contribution in [-0.4, -0.2) is 41.6 Å². The molecule has 4 rings (SSSR count). The van der Waals surface area contributed by atoms with Gasteiger partial charge in [0.2, 0.25) is 5.91 Å². The number of nitrogens with zero attached hydrogens (tertiary/aromatic N) is 6. The van der Waals surface area contributed by atoms with Gasteiger partial charge in [-0.25, -0.2) is 9.78 Å². The Kier molecular flexibility index (Phi) is 6.25. The standard InChI is InChI=1S/C21H23ClN6O3S/c1-13-11-32-20(24-13)28(15-8-6-14(22)7-9-15)16(29)5-4-10-27-12-23-18-17(27)19(30)26(3)21(31)25(18)2/h6-9,12-13H,4-5,10-11H2,1-3H3. The molecule has 11 heteroatoms. The lowest BCUT2D eigenvalue weighted by Gasteiger charge is -2.22. The van der Waals surface area contributed by atoms with E-state index in [0.29, 0.717) is 34.3 Å². The van der Waals surface area contributed by atoms with Crippen molar-refractivity contribution in [3.63, 3.8) is 0 Å². The van der Waals surface area contributed by atoms with Gasteiger partial charge in [-0.3, -0.25) is 28.6 Å². The molecule has 2 aromatic heterocycles. The van der Waals surface area contributed by atoms with E-state index in [-0.39, 0.29) is 18.4 Å². The molecule has 0 aliphatic carbocycles. The number of aromatic nitrogens is 4. The summed E-state index contributed by atoms with van der Waals surface area (Å²) in [5, 5.41) is 1.28. The van der Waals surface area contributed by atoms with E-state index < -0.39 is 11.2 Å². The van der Waals surface area contributed by atoms with E-state index in [9.17, 15) is 14.4 Å². The van der Waals surface area contributed by atoms with Gasteiger partial charge in [0.15, 0.2) is 16.3 Å². The smallest absolute Gasteiger partial charge is 0.325 e. The molecule has 3 aromatic rings. The number of thioether (sulfide) groups is 1. The highest BCUT2D eigenvalue weighted by atomic mass is 35.5. The molecule has 0 radical (unpaired) electrons. The number of carbonyl (C=O) groups excluding carboxylic acids is 1. The number of aliphatic imine (C=N–C) groups is 1. The zero-order valence-electron chi connectivity index (χ0n) is 18.0. The van der Waals surface area contributed by atoms with Crippen molar-refractivity contribution in [2.24, 2.45) is 19.1 Å². The average Bonchev–Trinajstić information content (AvgIpc) is 3.39. The van der Waals surface area contributed by atoms with Crippen molar-refractivity contribution in [2.45, 2.75) is 32.4 Å². The first kappa shape index (κ1) is 22.3. The molecule has 0 spiro atoms.